The van der Waals surface area contributed by atoms with Crippen molar-refractivity contribution in [2.75, 3.05) is 5.32 Å². The maximum atomic E-state index is 12.1. The molecule has 3 rings (SSSR count). The number of nitrogens with one attached hydrogen (secondary N) is 1. The normalized spacial score (nSPS) is 11.1. The van der Waals surface area contributed by atoms with Crippen molar-refractivity contribution in [3.8, 4) is 0 Å². The molecule has 0 aliphatic carbocycles. The van der Waals surface area contributed by atoms with Gasteiger partial charge in [-0.3, -0.25) is 9.48 Å². The highest BCUT2D eigenvalue weighted by atomic mass is 32.1. The first kappa shape index (κ1) is 21.4. The van der Waals surface area contributed by atoms with Crippen LogP contribution in [0.3, 0.4) is 0 Å². The number of benzene rings is 1. The Bertz CT molecular complexity index is 1080. The van der Waals surface area contributed by atoms with Gasteiger partial charge in [0, 0.05) is 29.6 Å². The van der Waals surface area contributed by atoms with E-state index in [1.165, 1.54) is 35.5 Å². The second-order valence-electron chi connectivity index (χ2n) is 6.99. The molecule has 0 saturated carbocycles. The van der Waals surface area contributed by atoms with Gasteiger partial charge in [0.15, 0.2) is 5.13 Å². The van der Waals surface area contributed by atoms with Gasteiger partial charge in [0.05, 0.1) is 17.9 Å². The molecule has 7 nitrogen and oxygen atoms in total. The highest BCUT2D eigenvalue weighted by molar-refractivity contribution is 7.13. The summed E-state index contributed by atoms with van der Waals surface area (Å²) >= 11 is 1.28. The van der Waals surface area contributed by atoms with E-state index in [1.807, 2.05) is 18.5 Å². The molecule has 0 spiro atoms. The lowest BCUT2D eigenvalue weighted by Crippen LogP contribution is -2.06. The van der Waals surface area contributed by atoms with Crippen LogP contribution in [0.25, 0.3) is 6.08 Å². The molecular formula is C22H24N4O3S. The molecule has 2 aromatic heterocycles. The summed E-state index contributed by atoms with van der Waals surface area (Å²) in [6, 6.07) is 8.35. The van der Waals surface area contributed by atoms with Gasteiger partial charge in [0.25, 0.3) is 0 Å². The molecular weight excluding hydrogens is 400 g/mol. The molecule has 1 aromatic carbocycles. The van der Waals surface area contributed by atoms with Crippen LogP contribution in [-0.4, -0.2) is 26.6 Å². The summed E-state index contributed by atoms with van der Waals surface area (Å²) in [6.07, 6.45) is 3.13. The van der Waals surface area contributed by atoms with Crippen molar-refractivity contribution < 1.29 is 14.3 Å². The lowest BCUT2D eigenvalue weighted by atomic mass is 10.1. The number of rotatable bonds is 7. The molecule has 0 radical (unpaired) electrons. The van der Waals surface area contributed by atoms with Crippen molar-refractivity contribution in [2.24, 2.45) is 0 Å². The van der Waals surface area contributed by atoms with Crippen molar-refractivity contribution in [3.05, 3.63) is 69.5 Å². The Hall–Kier alpha value is -3.26. The summed E-state index contributed by atoms with van der Waals surface area (Å²) in [5.74, 6) is -0.654. The van der Waals surface area contributed by atoms with Crippen molar-refractivity contribution in [3.63, 3.8) is 0 Å². The fourth-order valence-corrected chi connectivity index (χ4v) is 3.64. The van der Waals surface area contributed by atoms with Crippen molar-refractivity contribution in [1.82, 2.24) is 14.8 Å². The largest absolute Gasteiger partial charge is 0.456 e. The molecule has 0 aliphatic heterocycles. The van der Waals surface area contributed by atoms with E-state index in [9.17, 15) is 9.59 Å². The molecule has 30 heavy (non-hydrogen) atoms. The minimum atomic E-state index is -0.464. The second kappa shape index (κ2) is 9.49. The number of ether oxygens (including phenoxy) is 1. The topological polar surface area (TPSA) is 86.1 Å². The molecule has 0 saturated heterocycles. The lowest BCUT2D eigenvalue weighted by Gasteiger charge is -2.05. The van der Waals surface area contributed by atoms with E-state index in [0.717, 1.165) is 17.0 Å². The summed E-state index contributed by atoms with van der Waals surface area (Å²) in [5, 5.41) is 9.42. The quantitative estimate of drug-likeness (QED) is 0.457. The van der Waals surface area contributed by atoms with Crippen LogP contribution in [0.15, 0.2) is 35.7 Å². The van der Waals surface area contributed by atoms with Gasteiger partial charge < -0.3 is 10.1 Å². The zero-order chi connectivity index (χ0) is 21.7. The van der Waals surface area contributed by atoms with Gasteiger partial charge in [-0.05, 0) is 32.4 Å². The first-order valence-corrected chi connectivity index (χ1v) is 10.4. The summed E-state index contributed by atoms with van der Waals surface area (Å²) in [4.78, 5) is 27.3. The van der Waals surface area contributed by atoms with Crippen molar-refractivity contribution in [1.29, 1.82) is 0 Å². The minimum Gasteiger partial charge on any atom is -0.456 e. The summed E-state index contributed by atoms with van der Waals surface area (Å²) in [7, 11) is 0. The van der Waals surface area contributed by atoms with E-state index >= 15 is 0 Å². The van der Waals surface area contributed by atoms with E-state index in [2.05, 4.69) is 46.6 Å². The highest BCUT2D eigenvalue weighted by Gasteiger charge is 2.11. The summed E-state index contributed by atoms with van der Waals surface area (Å²) in [5.41, 5.74) is 5.71. The first-order chi connectivity index (χ1) is 14.3. The number of hydrogen-bond acceptors (Lipinski definition) is 6. The van der Waals surface area contributed by atoms with Crippen LogP contribution in [0, 0.1) is 20.8 Å². The first-order valence-electron chi connectivity index (χ1n) is 9.48. The van der Waals surface area contributed by atoms with Crippen molar-refractivity contribution >= 4 is 34.4 Å². The van der Waals surface area contributed by atoms with Gasteiger partial charge in [-0.25, -0.2) is 9.78 Å². The summed E-state index contributed by atoms with van der Waals surface area (Å²) in [6.45, 7) is 8.10. The Kier molecular flexibility index (Phi) is 6.79. The van der Waals surface area contributed by atoms with Crippen LogP contribution in [0.1, 0.15) is 40.7 Å². The third kappa shape index (κ3) is 5.64. The SMILES string of the molecule is CC(=O)Nc1nc(COC(=O)/C=C/c2c(C)nn(Cc3ccc(C)cc3)c2C)cs1. The molecule has 1 amide bonds. The molecule has 0 fully saturated rings. The number of nitrogens with zero attached hydrogens (tertiary/aromatic N) is 3. The van der Waals surface area contributed by atoms with Crippen LogP contribution in [0.5, 0.6) is 0 Å². The number of carbonyl (C=O) groups excluding carboxylic acids is 2. The van der Waals surface area contributed by atoms with E-state index < -0.39 is 5.97 Å². The molecule has 0 bridgehead atoms. The Balaban J connectivity index is 1.60. The zero-order valence-corrected chi connectivity index (χ0v) is 18.2. The Morgan fingerprint density at radius 3 is 2.63 bits per heavy atom. The van der Waals surface area contributed by atoms with Crippen LogP contribution in [0.4, 0.5) is 5.13 Å². The Morgan fingerprint density at radius 2 is 1.93 bits per heavy atom. The van der Waals surface area contributed by atoms with E-state index in [0.29, 0.717) is 17.4 Å². The molecule has 3 aromatic rings. The summed E-state index contributed by atoms with van der Waals surface area (Å²) < 4.78 is 7.17. The van der Waals surface area contributed by atoms with Gasteiger partial charge in [-0.1, -0.05) is 29.8 Å². The average molecular weight is 425 g/mol. The van der Waals surface area contributed by atoms with E-state index in [4.69, 9.17) is 4.74 Å². The molecule has 8 heteroatoms. The Morgan fingerprint density at radius 1 is 1.20 bits per heavy atom. The van der Waals surface area contributed by atoms with Gasteiger partial charge >= 0.3 is 5.97 Å². The van der Waals surface area contributed by atoms with Crippen LogP contribution < -0.4 is 5.32 Å². The zero-order valence-electron chi connectivity index (χ0n) is 17.4. The monoisotopic (exact) mass is 424 g/mol. The Labute approximate surface area is 179 Å². The van der Waals surface area contributed by atoms with Crippen LogP contribution >= 0.6 is 11.3 Å². The van der Waals surface area contributed by atoms with Gasteiger partial charge in [0.2, 0.25) is 5.91 Å². The van der Waals surface area contributed by atoms with Crippen LogP contribution in [-0.2, 0) is 27.5 Å². The third-order valence-electron chi connectivity index (χ3n) is 4.47. The van der Waals surface area contributed by atoms with Crippen LogP contribution in [0.2, 0.25) is 0 Å². The fourth-order valence-electron chi connectivity index (χ4n) is 2.90. The number of esters is 1. The maximum absolute atomic E-state index is 12.1. The number of hydrogen-bond donors (Lipinski definition) is 1. The predicted molar refractivity (Wildman–Crippen MR) is 117 cm³/mol. The fraction of sp³-hybridized carbons (Fsp3) is 0.273. The highest BCUT2D eigenvalue weighted by Crippen LogP contribution is 2.18. The molecule has 1 N–H and O–H groups in total. The number of anilines is 1. The second-order valence-corrected chi connectivity index (χ2v) is 7.85. The van der Waals surface area contributed by atoms with E-state index in [-0.39, 0.29) is 12.5 Å². The molecule has 0 aliphatic rings. The minimum absolute atomic E-state index is 0.0455. The smallest absolute Gasteiger partial charge is 0.331 e. The number of carbonyl (C=O) groups is 2. The standard InChI is InChI=1S/C22H24N4O3S/c1-14-5-7-18(8-6-14)11-26-16(3)20(15(2)25-26)9-10-21(28)29-12-19-13-30-22(24-19)23-17(4)27/h5-10,13H,11-12H2,1-4H3,(H,23,24,27)/b10-9+. The molecule has 2 heterocycles. The third-order valence-corrected chi connectivity index (χ3v) is 5.28. The lowest BCUT2D eigenvalue weighted by molar-refractivity contribution is -0.139. The molecule has 0 atom stereocenters. The molecule has 156 valence electrons. The number of aromatic nitrogens is 3. The van der Waals surface area contributed by atoms with Crippen molar-refractivity contribution in [2.45, 2.75) is 40.8 Å². The van der Waals surface area contributed by atoms with E-state index in [1.54, 1.807) is 11.5 Å². The predicted octanol–water partition coefficient (Wildman–Crippen LogP) is 4.03. The van der Waals surface area contributed by atoms with Gasteiger partial charge in [-0.2, -0.15) is 5.10 Å². The maximum Gasteiger partial charge on any atom is 0.331 e. The molecule has 0 unspecified atom stereocenters. The number of aryl methyl sites for hydroxylation is 2. The number of thiazole rings is 1. The number of amides is 1. The average Bonchev–Trinajstić information content (AvgIpc) is 3.24. The van der Waals surface area contributed by atoms with Gasteiger partial charge in [0.1, 0.15) is 6.61 Å². The van der Waals surface area contributed by atoms with Gasteiger partial charge in [-0.15, -0.1) is 11.3 Å².